The molecule has 40 heavy (non-hydrogen) atoms. The predicted molar refractivity (Wildman–Crippen MR) is 143 cm³/mol. The lowest BCUT2D eigenvalue weighted by Crippen LogP contribution is -2.44. The minimum absolute atomic E-state index is 0.00484. The molecule has 0 unspecified atom stereocenters. The molecule has 0 radical (unpaired) electrons. The maximum Gasteiger partial charge on any atom is 0.416 e. The van der Waals surface area contributed by atoms with Crippen LogP contribution in [0.25, 0.3) is 10.9 Å². The molecule has 2 saturated heterocycles. The summed E-state index contributed by atoms with van der Waals surface area (Å²) in [6, 6.07) is 6.11. The molecule has 3 heterocycles. The summed E-state index contributed by atoms with van der Waals surface area (Å²) in [7, 11) is 1.47. The number of likely N-dealkylation sites (tertiary alicyclic amines) is 1. The third kappa shape index (κ3) is 5.72. The minimum atomic E-state index is -4.53. The highest BCUT2D eigenvalue weighted by molar-refractivity contribution is 5.92. The van der Waals surface area contributed by atoms with Crippen molar-refractivity contribution >= 4 is 28.5 Å². The summed E-state index contributed by atoms with van der Waals surface area (Å²) in [4.78, 5) is 23.7. The summed E-state index contributed by atoms with van der Waals surface area (Å²) >= 11 is 0. The van der Waals surface area contributed by atoms with E-state index in [1.165, 1.54) is 13.2 Å². The molecule has 214 valence electrons. The largest absolute Gasteiger partial charge is 0.493 e. The number of amides is 1. The molecule has 0 bridgehead atoms. The van der Waals surface area contributed by atoms with Gasteiger partial charge in [-0.05, 0) is 68.4 Å². The molecule has 0 aliphatic carbocycles. The number of piperidine rings is 1. The van der Waals surface area contributed by atoms with Crippen LogP contribution in [0.4, 0.5) is 29.5 Å². The van der Waals surface area contributed by atoms with Crippen molar-refractivity contribution in [2.24, 2.45) is 5.41 Å². The number of nitrogen functional groups attached to an aromatic ring is 1. The maximum atomic E-state index is 13.4. The molecule has 2 aliphatic heterocycles. The number of nitrogens with zero attached hydrogens (tertiary/aromatic N) is 3. The summed E-state index contributed by atoms with van der Waals surface area (Å²) < 4.78 is 57.0. The number of nitrogens with one attached hydrogen (secondary N) is 1. The lowest BCUT2D eigenvalue weighted by Gasteiger charge is -2.37. The number of aromatic nitrogens is 2. The monoisotopic (exact) mass is 559 g/mol. The van der Waals surface area contributed by atoms with Gasteiger partial charge in [0.1, 0.15) is 11.6 Å². The Bertz CT molecular complexity index is 1420. The van der Waals surface area contributed by atoms with Crippen molar-refractivity contribution in [3.05, 3.63) is 47.3 Å². The second-order valence-electron chi connectivity index (χ2n) is 10.5. The van der Waals surface area contributed by atoms with Gasteiger partial charge in [-0.2, -0.15) is 13.2 Å². The normalized spacial score (nSPS) is 17.7. The van der Waals surface area contributed by atoms with Crippen LogP contribution in [0, 0.1) is 12.3 Å². The number of nitrogens with two attached hydrogens (primary N) is 1. The van der Waals surface area contributed by atoms with Gasteiger partial charge in [0.15, 0.2) is 11.5 Å². The highest BCUT2D eigenvalue weighted by atomic mass is 19.4. The van der Waals surface area contributed by atoms with E-state index in [2.05, 4.69) is 15.3 Å². The Hall–Kier alpha value is -3.80. The number of hydrogen-bond donors (Lipinski definition) is 2. The summed E-state index contributed by atoms with van der Waals surface area (Å²) in [6.45, 7) is 6.05. The van der Waals surface area contributed by atoms with Crippen LogP contribution in [0.2, 0.25) is 0 Å². The van der Waals surface area contributed by atoms with Crippen LogP contribution >= 0.6 is 0 Å². The third-order valence-electron chi connectivity index (χ3n) is 7.72. The van der Waals surface area contributed by atoms with Crippen molar-refractivity contribution in [3.63, 3.8) is 0 Å². The van der Waals surface area contributed by atoms with E-state index in [9.17, 15) is 18.0 Å². The van der Waals surface area contributed by atoms with Gasteiger partial charge in [0.05, 0.1) is 30.8 Å². The van der Waals surface area contributed by atoms with Crippen LogP contribution in [0.5, 0.6) is 11.5 Å². The summed E-state index contributed by atoms with van der Waals surface area (Å²) in [5.74, 6) is 1.32. The lowest BCUT2D eigenvalue weighted by atomic mass is 9.78. The molecule has 2 aliphatic rings. The smallest absolute Gasteiger partial charge is 0.416 e. The van der Waals surface area contributed by atoms with E-state index in [0.29, 0.717) is 46.9 Å². The molecule has 3 aromatic rings. The standard InChI is InChI=1S/C28H32F3N5O4/c1-16(18-10-19(28(29,30)31)12-20(32)11-18)33-25-21-13-24(23(38-3)14-22(21)34-17(2)35-25)40-26(37)36-7-4-27(5-8-36)6-9-39-15-27/h10-14,16H,4-9,15,32H2,1-3H3,(H,33,34,35)/t16-/m1/s1. The zero-order chi connectivity index (χ0) is 28.7. The molecule has 5 rings (SSSR count). The van der Waals surface area contributed by atoms with Crippen LogP contribution in [0.15, 0.2) is 30.3 Å². The first-order valence-electron chi connectivity index (χ1n) is 13.1. The molecule has 0 saturated carbocycles. The second-order valence-corrected chi connectivity index (χ2v) is 10.5. The summed E-state index contributed by atoms with van der Waals surface area (Å²) in [5.41, 5.74) is 5.95. The number of carbonyl (C=O) groups is 1. The number of alkyl halides is 3. The van der Waals surface area contributed by atoms with E-state index in [0.717, 1.165) is 44.6 Å². The van der Waals surface area contributed by atoms with Gasteiger partial charge in [0.2, 0.25) is 0 Å². The minimum Gasteiger partial charge on any atom is -0.493 e. The molecule has 2 fully saturated rings. The van der Waals surface area contributed by atoms with Crippen molar-refractivity contribution in [2.75, 3.05) is 44.5 Å². The maximum absolute atomic E-state index is 13.4. The molecule has 1 spiro atoms. The molecular formula is C28H32F3N5O4. The number of ether oxygens (including phenoxy) is 3. The Labute approximate surface area is 229 Å². The number of benzene rings is 2. The first kappa shape index (κ1) is 27.8. The number of methoxy groups -OCH3 is 1. The SMILES string of the molecule is COc1cc2nc(C)nc(N[C@H](C)c3cc(N)cc(C(F)(F)F)c3)c2cc1OC(=O)N1CCC2(CCOC2)CC1. The van der Waals surface area contributed by atoms with E-state index in [1.807, 2.05) is 0 Å². The number of rotatable bonds is 5. The van der Waals surface area contributed by atoms with Gasteiger partial charge in [-0.1, -0.05) is 0 Å². The number of aryl methyl sites for hydroxylation is 1. The fourth-order valence-electron chi connectivity index (χ4n) is 5.35. The molecule has 12 heteroatoms. The zero-order valence-corrected chi connectivity index (χ0v) is 22.6. The third-order valence-corrected chi connectivity index (χ3v) is 7.72. The molecule has 1 atom stereocenters. The van der Waals surface area contributed by atoms with Crippen molar-refractivity contribution in [1.29, 1.82) is 0 Å². The van der Waals surface area contributed by atoms with Crippen LogP contribution in [0.3, 0.4) is 0 Å². The molecule has 1 amide bonds. The van der Waals surface area contributed by atoms with Gasteiger partial charge in [-0.3, -0.25) is 0 Å². The number of hydrogen-bond acceptors (Lipinski definition) is 8. The first-order chi connectivity index (χ1) is 19.0. The van der Waals surface area contributed by atoms with Gasteiger partial charge >= 0.3 is 12.3 Å². The zero-order valence-electron chi connectivity index (χ0n) is 22.6. The van der Waals surface area contributed by atoms with Gasteiger partial charge in [-0.15, -0.1) is 0 Å². The van der Waals surface area contributed by atoms with E-state index in [4.69, 9.17) is 19.9 Å². The molecule has 9 nitrogen and oxygen atoms in total. The highest BCUT2D eigenvalue weighted by Gasteiger charge is 2.39. The fourth-order valence-corrected chi connectivity index (χ4v) is 5.35. The molecule has 3 N–H and O–H groups in total. The lowest BCUT2D eigenvalue weighted by molar-refractivity contribution is -0.137. The van der Waals surface area contributed by atoms with Crippen molar-refractivity contribution in [2.45, 2.75) is 45.3 Å². The van der Waals surface area contributed by atoms with Crippen LogP contribution in [-0.2, 0) is 10.9 Å². The molecule has 2 aromatic carbocycles. The second kappa shape index (κ2) is 10.6. The van der Waals surface area contributed by atoms with Gasteiger partial charge in [-0.25, -0.2) is 14.8 Å². The Morgan fingerprint density at radius 2 is 1.88 bits per heavy atom. The number of carbonyl (C=O) groups excluding carboxylic acids is 1. The number of halogens is 3. The van der Waals surface area contributed by atoms with Gasteiger partial charge in [0.25, 0.3) is 0 Å². The highest BCUT2D eigenvalue weighted by Crippen LogP contribution is 2.40. The average Bonchev–Trinajstić information content (AvgIpc) is 3.35. The van der Waals surface area contributed by atoms with Crippen molar-refractivity contribution < 1.29 is 32.2 Å². The van der Waals surface area contributed by atoms with Crippen LogP contribution < -0.4 is 20.5 Å². The van der Waals surface area contributed by atoms with Crippen LogP contribution in [0.1, 0.15) is 49.2 Å². The Morgan fingerprint density at radius 3 is 2.52 bits per heavy atom. The van der Waals surface area contributed by atoms with Crippen LogP contribution in [-0.4, -0.2) is 54.4 Å². The van der Waals surface area contributed by atoms with E-state index < -0.39 is 23.9 Å². The first-order valence-corrected chi connectivity index (χ1v) is 13.1. The average molecular weight is 560 g/mol. The summed E-state index contributed by atoms with van der Waals surface area (Å²) in [6.07, 6.45) is -2.29. The molecule has 1 aromatic heterocycles. The van der Waals surface area contributed by atoms with E-state index in [-0.39, 0.29) is 16.9 Å². The Kier molecular flexibility index (Phi) is 7.38. The number of fused-ring (bicyclic) bond motifs is 1. The van der Waals surface area contributed by atoms with Gasteiger partial charge < -0.3 is 30.2 Å². The van der Waals surface area contributed by atoms with Gasteiger partial charge in [0, 0.05) is 36.8 Å². The quantitative estimate of drug-likeness (QED) is 0.382. The predicted octanol–water partition coefficient (Wildman–Crippen LogP) is 5.72. The fraction of sp³-hybridized carbons (Fsp3) is 0.464. The Balaban J connectivity index is 1.41. The van der Waals surface area contributed by atoms with Crippen molar-refractivity contribution in [3.8, 4) is 11.5 Å². The van der Waals surface area contributed by atoms with E-state index >= 15 is 0 Å². The Morgan fingerprint density at radius 1 is 1.12 bits per heavy atom. The van der Waals surface area contributed by atoms with E-state index in [1.54, 1.807) is 30.9 Å². The van der Waals surface area contributed by atoms with Crippen molar-refractivity contribution in [1.82, 2.24) is 14.9 Å². The number of anilines is 2. The summed E-state index contributed by atoms with van der Waals surface area (Å²) in [5, 5.41) is 3.69. The molecular weight excluding hydrogens is 527 g/mol. The topological polar surface area (TPSA) is 112 Å².